The second-order valence-electron chi connectivity index (χ2n) is 6.91. The average molecular weight is 321 g/mol. The molecule has 0 aliphatic heterocycles. The van der Waals surface area contributed by atoms with Crippen LogP contribution < -0.4 is 11.1 Å². The Morgan fingerprint density at radius 3 is 2.65 bits per heavy atom. The molecule has 3 N–H and O–H groups in total. The number of nitrogens with one attached hydrogen (secondary N) is 1. The van der Waals surface area contributed by atoms with E-state index in [1.807, 2.05) is 4.68 Å². The van der Waals surface area contributed by atoms with Crippen LogP contribution in [0.5, 0.6) is 0 Å². The van der Waals surface area contributed by atoms with Gasteiger partial charge in [0.05, 0.1) is 12.2 Å². The maximum absolute atomic E-state index is 12.4. The molecule has 7 nitrogen and oxygen atoms in total. The highest BCUT2D eigenvalue weighted by Crippen LogP contribution is 2.31. The van der Waals surface area contributed by atoms with E-state index in [1.165, 1.54) is 0 Å². The van der Waals surface area contributed by atoms with Gasteiger partial charge in [0.15, 0.2) is 0 Å². The summed E-state index contributed by atoms with van der Waals surface area (Å²) in [5.74, 6) is 0.865. The van der Waals surface area contributed by atoms with E-state index in [4.69, 9.17) is 5.73 Å². The molecule has 0 aromatic carbocycles. The molecule has 1 aromatic heterocycles. The number of nitrogens with two attached hydrogens (primary N) is 1. The minimum absolute atomic E-state index is 0.0666. The summed E-state index contributed by atoms with van der Waals surface area (Å²) >= 11 is 0. The second kappa shape index (κ2) is 7.02. The highest BCUT2D eigenvalue weighted by atomic mass is 16.2. The van der Waals surface area contributed by atoms with Crippen LogP contribution in [0.1, 0.15) is 46.1 Å². The summed E-state index contributed by atoms with van der Waals surface area (Å²) in [6, 6.07) is 1.90. The van der Waals surface area contributed by atoms with Crippen LogP contribution in [0.3, 0.4) is 0 Å². The first-order valence-electron chi connectivity index (χ1n) is 8.16. The van der Waals surface area contributed by atoms with Crippen LogP contribution in [0.2, 0.25) is 0 Å². The summed E-state index contributed by atoms with van der Waals surface area (Å²) in [5.41, 5.74) is 5.27. The van der Waals surface area contributed by atoms with Crippen molar-refractivity contribution in [3.63, 3.8) is 0 Å². The molecule has 1 unspecified atom stereocenters. The predicted octanol–water partition coefficient (Wildman–Crippen LogP) is 2.22. The Bertz CT molecular complexity index is 563. The van der Waals surface area contributed by atoms with Crippen LogP contribution in [0, 0.1) is 11.8 Å². The number of amides is 3. The molecule has 23 heavy (non-hydrogen) atoms. The molecule has 0 saturated heterocycles. The molecule has 7 heteroatoms. The molecular weight excluding hydrogens is 294 g/mol. The van der Waals surface area contributed by atoms with E-state index in [0.717, 1.165) is 6.42 Å². The number of hydrogen-bond acceptors (Lipinski definition) is 3. The number of carbonyl (C=O) groups is 2. The van der Waals surface area contributed by atoms with Crippen molar-refractivity contribution in [2.75, 3.05) is 12.4 Å². The lowest BCUT2D eigenvalue weighted by molar-refractivity contribution is -0.125. The van der Waals surface area contributed by atoms with Gasteiger partial charge in [0.2, 0.25) is 5.91 Å². The maximum atomic E-state index is 12.4. The molecule has 0 spiro atoms. The van der Waals surface area contributed by atoms with Gasteiger partial charge in [-0.3, -0.25) is 10.1 Å². The Kier molecular flexibility index (Phi) is 5.28. The highest BCUT2D eigenvalue weighted by Gasteiger charge is 2.37. The van der Waals surface area contributed by atoms with Crippen molar-refractivity contribution in [1.82, 2.24) is 14.7 Å². The van der Waals surface area contributed by atoms with E-state index in [1.54, 1.807) is 24.2 Å². The van der Waals surface area contributed by atoms with Crippen LogP contribution in [-0.2, 0) is 4.79 Å². The zero-order valence-electron chi connectivity index (χ0n) is 14.3. The van der Waals surface area contributed by atoms with E-state index >= 15 is 0 Å². The topological polar surface area (TPSA) is 93.2 Å². The lowest BCUT2D eigenvalue weighted by Gasteiger charge is -2.39. The van der Waals surface area contributed by atoms with Gasteiger partial charge in [0.25, 0.3) is 0 Å². The van der Waals surface area contributed by atoms with Crippen molar-refractivity contribution in [3.8, 4) is 0 Å². The third kappa shape index (κ3) is 4.03. The van der Waals surface area contributed by atoms with Gasteiger partial charge in [0, 0.05) is 25.1 Å². The Morgan fingerprint density at radius 1 is 1.43 bits per heavy atom. The summed E-state index contributed by atoms with van der Waals surface area (Å²) in [6.45, 7) is 6.42. The van der Waals surface area contributed by atoms with E-state index in [0.29, 0.717) is 24.6 Å². The smallest absolute Gasteiger partial charge is 0.322 e. The predicted molar refractivity (Wildman–Crippen MR) is 88.9 cm³/mol. The van der Waals surface area contributed by atoms with E-state index in [2.05, 4.69) is 31.2 Å². The largest absolute Gasteiger partial charge is 0.369 e. The molecule has 1 heterocycles. The Balaban J connectivity index is 1.93. The zero-order valence-corrected chi connectivity index (χ0v) is 14.3. The number of anilines is 1. The molecule has 1 atom stereocenters. The summed E-state index contributed by atoms with van der Waals surface area (Å²) in [6.07, 6.45) is 3.97. The number of urea groups is 1. The number of carbonyl (C=O) groups excluding carboxylic acids is 2. The lowest BCUT2D eigenvalue weighted by Crippen LogP contribution is -2.50. The first kappa shape index (κ1) is 17.3. The Morgan fingerprint density at radius 2 is 2.09 bits per heavy atom. The van der Waals surface area contributed by atoms with Crippen molar-refractivity contribution in [2.45, 2.75) is 52.1 Å². The molecule has 0 radical (unpaired) electrons. The Hall–Kier alpha value is -2.05. The quantitative estimate of drug-likeness (QED) is 0.841. The molecule has 3 amide bonds. The van der Waals surface area contributed by atoms with E-state index < -0.39 is 0 Å². The minimum atomic E-state index is -0.282. The van der Waals surface area contributed by atoms with Gasteiger partial charge in [-0.2, -0.15) is 5.10 Å². The summed E-state index contributed by atoms with van der Waals surface area (Å²) in [5, 5.41) is 7.23. The van der Waals surface area contributed by atoms with Crippen molar-refractivity contribution in [3.05, 3.63) is 12.3 Å². The molecule has 1 aromatic rings. The monoisotopic (exact) mass is 321 g/mol. The van der Waals surface area contributed by atoms with Gasteiger partial charge in [-0.15, -0.1) is 0 Å². The van der Waals surface area contributed by atoms with Crippen LogP contribution in [0.4, 0.5) is 10.6 Å². The van der Waals surface area contributed by atoms with Crippen LogP contribution in [0.25, 0.3) is 0 Å². The van der Waals surface area contributed by atoms with Crippen molar-refractivity contribution in [1.29, 1.82) is 0 Å². The average Bonchev–Trinajstić information content (AvgIpc) is 2.83. The first-order chi connectivity index (χ1) is 10.8. The summed E-state index contributed by atoms with van der Waals surface area (Å²) in [7, 11) is 1.75. The van der Waals surface area contributed by atoms with Gasteiger partial charge >= 0.3 is 6.03 Å². The number of nitrogens with zero attached hydrogens (tertiary/aromatic N) is 3. The number of primary amides is 1. The van der Waals surface area contributed by atoms with E-state index in [-0.39, 0.29) is 29.9 Å². The van der Waals surface area contributed by atoms with Gasteiger partial charge < -0.3 is 10.6 Å². The Labute approximate surface area is 137 Å². The second-order valence-corrected chi connectivity index (χ2v) is 6.91. The molecular formula is C16H27N5O2. The molecule has 0 bridgehead atoms. The van der Waals surface area contributed by atoms with Crippen LogP contribution in [0.15, 0.2) is 12.3 Å². The van der Waals surface area contributed by atoms with Gasteiger partial charge in [0.1, 0.15) is 5.82 Å². The molecule has 1 fully saturated rings. The van der Waals surface area contributed by atoms with Crippen molar-refractivity contribution in [2.24, 2.45) is 17.6 Å². The fourth-order valence-electron chi connectivity index (χ4n) is 3.05. The molecule has 128 valence electrons. The molecule has 1 aliphatic carbocycles. The normalized spacial score (nSPS) is 21.6. The minimum Gasteiger partial charge on any atom is -0.369 e. The van der Waals surface area contributed by atoms with Gasteiger partial charge in [-0.1, -0.05) is 13.8 Å². The third-order valence-electron chi connectivity index (χ3n) is 4.52. The van der Waals surface area contributed by atoms with Crippen LogP contribution >= 0.6 is 0 Å². The number of rotatable bonds is 6. The van der Waals surface area contributed by atoms with Gasteiger partial charge in [-0.25, -0.2) is 9.48 Å². The fraction of sp³-hybridized carbons (Fsp3) is 0.688. The molecule has 2 rings (SSSR count). The number of hydrogen-bond donors (Lipinski definition) is 2. The van der Waals surface area contributed by atoms with Crippen molar-refractivity contribution >= 4 is 17.8 Å². The number of aromatic nitrogens is 2. The third-order valence-corrected chi connectivity index (χ3v) is 4.52. The highest BCUT2D eigenvalue weighted by molar-refractivity contribution is 5.88. The first-order valence-corrected chi connectivity index (χ1v) is 8.16. The lowest BCUT2D eigenvalue weighted by atomic mass is 9.79. The van der Waals surface area contributed by atoms with Crippen LogP contribution in [-0.4, -0.2) is 39.7 Å². The van der Waals surface area contributed by atoms with E-state index in [9.17, 15) is 9.59 Å². The van der Waals surface area contributed by atoms with Gasteiger partial charge in [-0.05, 0) is 32.1 Å². The standard InChI is InChI=1S/C16H27N5O2/c1-10(2)7-11(3)21-14(5-6-18-21)19-16(23)20(4)13-8-12(9-13)15(17)22/h5-6,10-13H,7-9H2,1-4H3,(H2,17,22)(H,19,23). The summed E-state index contributed by atoms with van der Waals surface area (Å²) in [4.78, 5) is 25.1. The zero-order chi connectivity index (χ0) is 17.1. The SMILES string of the molecule is CC(C)CC(C)n1nccc1NC(=O)N(C)C1CC(C(N)=O)C1. The fourth-order valence-corrected chi connectivity index (χ4v) is 3.05. The molecule has 1 saturated carbocycles. The maximum Gasteiger partial charge on any atom is 0.322 e. The van der Waals surface area contributed by atoms with Crippen molar-refractivity contribution < 1.29 is 9.59 Å². The molecule has 1 aliphatic rings. The summed E-state index contributed by atoms with van der Waals surface area (Å²) < 4.78 is 1.85.